The van der Waals surface area contributed by atoms with Gasteiger partial charge in [-0.25, -0.2) is 4.98 Å². The van der Waals surface area contributed by atoms with E-state index >= 15 is 0 Å². The standard InChI is InChI=1S/C30H35ClN8O2/c1-37(2)12-6-9-23(40)18-20-7-5-8-21(17-20)27-26-28(31)35-36-29(26)34-30(33-27)32-22-10-11-25(41-4)24(19-22)39-15-13-38(3)14-16-39/h5-11,17,19H,12-16,18H2,1-4H3,(H2,32,33,34,35,36)/b9-6+. The van der Waals surface area contributed by atoms with Crippen molar-refractivity contribution >= 4 is 45.7 Å². The van der Waals surface area contributed by atoms with Crippen LogP contribution < -0.4 is 15.0 Å². The molecule has 2 N–H and O–H groups in total. The molecule has 1 aliphatic heterocycles. The van der Waals surface area contributed by atoms with Gasteiger partial charge in [-0.15, -0.1) is 0 Å². The number of ether oxygens (including phenoxy) is 1. The maximum atomic E-state index is 12.5. The number of benzene rings is 2. The van der Waals surface area contributed by atoms with E-state index in [-0.39, 0.29) is 12.2 Å². The molecule has 4 aromatic rings. The molecule has 1 fully saturated rings. The lowest BCUT2D eigenvalue weighted by atomic mass is 10.0. The van der Waals surface area contributed by atoms with E-state index in [2.05, 4.69) is 43.4 Å². The van der Waals surface area contributed by atoms with Gasteiger partial charge in [-0.2, -0.15) is 10.1 Å². The summed E-state index contributed by atoms with van der Waals surface area (Å²) in [6, 6.07) is 13.7. The zero-order valence-corrected chi connectivity index (χ0v) is 24.6. The first kappa shape index (κ1) is 28.5. The topological polar surface area (TPSA) is 103 Å². The number of H-pyrrole nitrogens is 1. The molecule has 0 spiro atoms. The highest BCUT2D eigenvalue weighted by Gasteiger charge is 2.20. The molecule has 0 radical (unpaired) electrons. The first-order chi connectivity index (χ1) is 19.8. The van der Waals surface area contributed by atoms with Crippen LogP contribution in [-0.2, 0) is 11.2 Å². The fourth-order valence-electron chi connectivity index (χ4n) is 4.83. The summed E-state index contributed by atoms with van der Waals surface area (Å²) < 4.78 is 5.67. The molecule has 0 saturated carbocycles. The molecular formula is C30H35ClN8O2. The van der Waals surface area contributed by atoms with E-state index in [1.807, 2.05) is 61.5 Å². The summed E-state index contributed by atoms with van der Waals surface area (Å²) >= 11 is 6.49. The number of methoxy groups -OCH3 is 1. The molecule has 1 saturated heterocycles. The molecule has 0 bridgehead atoms. The summed E-state index contributed by atoms with van der Waals surface area (Å²) in [6.07, 6.45) is 3.80. The van der Waals surface area contributed by atoms with Gasteiger partial charge in [0.2, 0.25) is 5.95 Å². The predicted molar refractivity (Wildman–Crippen MR) is 165 cm³/mol. The Balaban J connectivity index is 1.44. The highest BCUT2D eigenvalue weighted by atomic mass is 35.5. The molecule has 2 aromatic carbocycles. The van der Waals surface area contributed by atoms with Crippen molar-refractivity contribution in [2.45, 2.75) is 6.42 Å². The van der Waals surface area contributed by atoms with Crippen LogP contribution in [0, 0.1) is 0 Å². The summed E-state index contributed by atoms with van der Waals surface area (Å²) in [5, 5.41) is 11.5. The van der Waals surface area contributed by atoms with Gasteiger partial charge in [0.05, 0.1) is 23.9 Å². The Labute approximate surface area is 245 Å². The Morgan fingerprint density at radius 2 is 1.95 bits per heavy atom. The maximum Gasteiger partial charge on any atom is 0.229 e. The lowest BCUT2D eigenvalue weighted by Gasteiger charge is -2.34. The van der Waals surface area contributed by atoms with Crippen LogP contribution in [0.3, 0.4) is 0 Å². The Morgan fingerprint density at radius 1 is 1.15 bits per heavy atom. The number of anilines is 3. The van der Waals surface area contributed by atoms with Crippen LogP contribution in [0.1, 0.15) is 5.56 Å². The third-order valence-corrected chi connectivity index (χ3v) is 7.27. The van der Waals surface area contributed by atoms with E-state index in [1.54, 1.807) is 13.2 Å². The maximum absolute atomic E-state index is 12.5. The van der Waals surface area contributed by atoms with Crippen LogP contribution >= 0.6 is 11.6 Å². The van der Waals surface area contributed by atoms with Crippen molar-refractivity contribution in [3.8, 4) is 17.0 Å². The molecule has 5 rings (SSSR count). The molecule has 41 heavy (non-hydrogen) atoms. The number of ketones is 1. The van der Waals surface area contributed by atoms with E-state index in [9.17, 15) is 4.79 Å². The largest absolute Gasteiger partial charge is 0.495 e. The number of aromatic amines is 1. The number of carbonyl (C=O) groups is 1. The number of nitrogens with zero attached hydrogens (tertiary/aromatic N) is 6. The molecule has 11 heteroatoms. The lowest BCUT2D eigenvalue weighted by molar-refractivity contribution is -0.114. The van der Waals surface area contributed by atoms with E-state index in [4.69, 9.17) is 21.3 Å². The first-order valence-corrected chi connectivity index (χ1v) is 13.9. The number of aromatic nitrogens is 4. The zero-order chi connectivity index (χ0) is 28.9. The minimum absolute atomic E-state index is 0.0381. The van der Waals surface area contributed by atoms with Crippen molar-refractivity contribution in [1.29, 1.82) is 0 Å². The molecular weight excluding hydrogens is 540 g/mol. The normalized spacial score (nSPS) is 14.3. The number of hydrogen-bond acceptors (Lipinski definition) is 9. The summed E-state index contributed by atoms with van der Waals surface area (Å²) in [4.78, 5) is 28.7. The average Bonchev–Trinajstić information content (AvgIpc) is 3.33. The van der Waals surface area contributed by atoms with Crippen LogP contribution in [-0.4, -0.2) is 96.7 Å². The minimum atomic E-state index is 0.0381. The number of nitrogens with one attached hydrogen (secondary N) is 2. The number of halogens is 1. The summed E-state index contributed by atoms with van der Waals surface area (Å²) in [6.45, 7) is 4.52. The van der Waals surface area contributed by atoms with Gasteiger partial charge in [0, 0.05) is 50.4 Å². The Morgan fingerprint density at radius 3 is 2.71 bits per heavy atom. The smallest absolute Gasteiger partial charge is 0.229 e. The number of fused-ring (bicyclic) bond motifs is 1. The third-order valence-electron chi connectivity index (χ3n) is 7.00. The lowest BCUT2D eigenvalue weighted by Crippen LogP contribution is -2.44. The summed E-state index contributed by atoms with van der Waals surface area (Å²) in [5.41, 5.74) is 4.63. The Hall–Kier alpha value is -3.99. The van der Waals surface area contributed by atoms with Gasteiger partial charge in [-0.3, -0.25) is 9.89 Å². The Kier molecular flexibility index (Phi) is 8.82. The van der Waals surface area contributed by atoms with Crippen LogP contribution in [0.4, 0.5) is 17.3 Å². The SMILES string of the molecule is COc1ccc(Nc2nc(-c3cccc(CC(=O)/C=C/CN(C)C)c3)c3c(Cl)[nH]nc3n2)cc1N1CCN(C)CC1. The van der Waals surface area contributed by atoms with E-state index in [0.717, 1.165) is 54.4 Å². The van der Waals surface area contributed by atoms with Gasteiger partial charge in [0.15, 0.2) is 11.4 Å². The van der Waals surface area contributed by atoms with Gasteiger partial charge in [-0.05, 0) is 57.0 Å². The number of rotatable bonds is 10. The molecule has 0 amide bonds. The Bertz CT molecular complexity index is 1560. The van der Waals surface area contributed by atoms with Gasteiger partial charge in [0.1, 0.15) is 10.9 Å². The highest BCUT2D eigenvalue weighted by Crippen LogP contribution is 2.35. The van der Waals surface area contributed by atoms with Crippen LogP contribution in [0.2, 0.25) is 5.15 Å². The van der Waals surface area contributed by atoms with E-state index in [1.165, 1.54) is 0 Å². The van der Waals surface area contributed by atoms with Gasteiger partial charge < -0.3 is 24.8 Å². The zero-order valence-electron chi connectivity index (χ0n) is 23.8. The number of carbonyl (C=O) groups excluding carboxylic acids is 1. The van der Waals surface area contributed by atoms with Crippen LogP contribution in [0.5, 0.6) is 5.75 Å². The van der Waals surface area contributed by atoms with Crippen molar-refractivity contribution < 1.29 is 9.53 Å². The number of hydrogen-bond donors (Lipinski definition) is 2. The molecule has 1 aliphatic rings. The second-order valence-corrected chi connectivity index (χ2v) is 10.8. The molecule has 0 aliphatic carbocycles. The van der Waals surface area contributed by atoms with Crippen molar-refractivity contribution in [2.24, 2.45) is 0 Å². The molecule has 10 nitrogen and oxygen atoms in total. The highest BCUT2D eigenvalue weighted by molar-refractivity contribution is 6.35. The third kappa shape index (κ3) is 6.84. The van der Waals surface area contributed by atoms with Crippen LogP contribution in [0.25, 0.3) is 22.3 Å². The minimum Gasteiger partial charge on any atom is -0.495 e. The van der Waals surface area contributed by atoms with Crippen LogP contribution in [0.15, 0.2) is 54.6 Å². The molecule has 3 heterocycles. The fourth-order valence-corrected chi connectivity index (χ4v) is 5.05. The van der Waals surface area contributed by atoms with Gasteiger partial charge >= 0.3 is 0 Å². The van der Waals surface area contributed by atoms with Crippen molar-refractivity contribution in [3.05, 3.63) is 65.3 Å². The molecule has 0 unspecified atom stereocenters. The van der Waals surface area contributed by atoms with Gasteiger partial charge in [-0.1, -0.05) is 35.9 Å². The van der Waals surface area contributed by atoms with Crippen molar-refractivity contribution in [3.63, 3.8) is 0 Å². The monoisotopic (exact) mass is 574 g/mol. The number of likely N-dealkylation sites (N-methyl/N-ethyl adjacent to an activating group) is 2. The first-order valence-electron chi connectivity index (χ1n) is 13.5. The second kappa shape index (κ2) is 12.7. The molecule has 214 valence electrons. The molecule has 2 aromatic heterocycles. The predicted octanol–water partition coefficient (Wildman–Crippen LogP) is 4.41. The quantitative estimate of drug-likeness (QED) is 0.267. The van der Waals surface area contributed by atoms with Crippen molar-refractivity contribution in [1.82, 2.24) is 30.0 Å². The van der Waals surface area contributed by atoms with Crippen molar-refractivity contribution in [2.75, 3.05) is 71.2 Å². The van der Waals surface area contributed by atoms with Gasteiger partial charge in [0.25, 0.3) is 0 Å². The molecule has 0 atom stereocenters. The summed E-state index contributed by atoms with van der Waals surface area (Å²) in [5.74, 6) is 1.24. The number of piperazine rings is 1. The fraction of sp³-hybridized carbons (Fsp3) is 0.333. The average molecular weight is 575 g/mol. The summed E-state index contributed by atoms with van der Waals surface area (Å²) in [7, 11) is 7.75. The van der Waals surface area contributed by atoms with E-state index in [0.29, 0.717) is 34.4 Å². The second-order valence-electron chi connectivity index (χ2n) is 10.4. The number of allylic oxidation sites excluding steroid dienone is 1. The van der Waals surface area contributed by atoms with E-state index < -0.39 is 0 Å².